The van der Waals surface area contributed by atoms with E-state index in [4.69, 9.17) is 0 Å². The minimum absolute atomic E-state index is 0.196. The highest BCUT2D eigenvalue weighted by Crippen LogP contribution is 2.26. The highest BCUT2D eigenvalue weighted by atomic mass is 32.2. The number of aromatic carboxylic acids is 1. The second-order valence-electron chi connectivity index (χ2n) is 4.21. The van der Waals surface area contributed by atoms with E-state index in [1.54, 1.807) is 19.3 Å². The molecule has 6 heteroatoms. The van der Waals surface area contributed by atoms with Gasteiger partial charge in [-0.15, -0.1) is 11.8 Å². The Morgan fingerprint density at radius 2 is 2.00 bits per heavy atom. The van der Waals surface area contributed by atoms with E-state index in [1.165, 1.54) is 11.8 Å². The summed E-state index contributed by atoms with van der Waals surface area (Å²) in [6.07, 6.45) is 4.12. The molecule has 0 spiro atoms. The van der Waals surface area contributed by atoms with E-state index in [0.29, 0.717) is 28.7 Å². The Kier molecular flexibility index (Phi) is 4.68. The van der Waals surface area contributed by atoms with Crippen LogP contribution in [0.2, 0.25) is 0 Å². The molecule has 0 aliphatic heterocycles. The van der Waals surface area contributed by atoms with E-state index in [2.05, 4.69) is 15.0 Å². The molecule has 0 atom stereocenters. The summed E-state index contributed by atoms with van der Waals surface area (Å²) in [6.45, 7) is 3.66. The predicted octanol–water partition coefficient (Wildman–Crippen LogP) is 2.73. The summed E-state index contributed by atoms with van der Waals surface area (Å²) in [4.78, 5) is 23.9. The largest absolute Gasteiger partial charge is 0.478 e. The van der Waals surface area contributed by atoms with Crippen LogP contribution in [0.4, 0.5) is 0 Å². The van der Waals surface area contributed by atoms with Gasteiger partial charge in [0.1, 0.15) is 16.4 Å². The maximum Gasteiger partial charge on any atom is 0.340 e. The van der Waals surface area contributed by atoms with Crippen molar-refractivity contribution in [2.24, 2.45) is 0 Å². The summed E-state index contributed by atoms with van der Waals surface area (Å²) in [5, 5.41) is 9.83. The molecule has 1 N–H and O–H groups in total. The maximum atomic E-state index is 11.4. The van der Waals surface area contributed by atoms with Crippen molar-refractivity contribution in [1.82, 2.24) is 15.0 Å². The van der Waals surface area contributed by atoms with Crippen molar-refractivity contribution in [3.63, 3.8) is 0 Å². The van der Waals surface area contributed by atoms with Crippen molar-refractivity contribution < 1.29 is 9.90 Å². The number of thioether (sulfide) groups is 1. The van der Waals surface area contributed by atoms with Crippen molar-refractivity contribution >= 4 is 17.7 Å². The number of pyridine rings is 1. The lowest BCUT2D eigenvalue weighted by Crippen LogP contribution is -2.09. The Balaban J connectivity index is 2.29. The molecular formula is C14H15N3O2S. The summed E-state index contributed by atoms with van der Waals surface area (Å²) >= 11 is 1.41. The number of aromatic nitrogens is 3. The number of hydrogen-bond donors (Lipinski definition) is 1. The van der Waals surface area contributed by atoms with E-state index in [9.17, 15) is 9.90 Å². The van der Waals surface area contributed by atoms with Crippen LogP contribution >= 0.6 is 11.8 Å². The maximum absolute atomic E-state index is 11.4. The third kappa shape index (κ3) is 3.33. The molecule has 5 nitrogen and oxygen atoms in total. The molecule has 2 rings (SSSR count). The van der Waals surface area contributed by atoms with Gasteiger partial charge in [0, 0.05) is 24.6 Å². The lowest BCUT2D eigenvalue weighted by Gasteiger charge is -2.09. The summed E-state index contributed by atoms with van der Waals surface area (Å²) in [5.41, 5.74) is 1.79. The Labute approximate surface area is 121 Å². The molecule has 0 amide bonds. The normalized spacial score (nSPS) is 10.5. The molecule has 0 radical (unpaired) electrons. The number of carbonyl (C=O) groups is 1. The molecule has 20 heavy (non-hydrogen) atoms. The van der Waals surface area contributed by atoms with E-state index in [-0.39, 0.29) is 5.56 Å². The average molecular weight is 289 g/mol. The molecule has 0 saturated carbocycles. The van der Waals surface area contributed by atoms with E-state index in [1.807, 2.05) is 19.1 Å². The van der Waals surface area contributed by atoms with Gasteiger partial charge in [-0.05, 0) is 24.6 Å². The van der Waals surface area contributed by atoms with Crippen molar-refractivity contribution in [3.8, 4) is 0 Å². The molecule has 0 unspecified atom stereocenters. The summed E-state index contributed by atoms with van der Waals surface area (Å²) in [7, 11) is 0. The van der Waals surface area contributed by atoms with Crippen LogP contribution in [0.1, 0.15) is 34.4 Å². The first-order valence-electron chi connectivity index (χ1n) is 6.24. The zero-order valence-corrected chi connectivity index (χ0v) is 12.1. The molecule has 2 aromatic rings. The molecular weight excluding hydrogens is 274 g/mol. The minimum Gasteiger partial charge on any atom is -0.478 e. The summed E-state index contributed by atoms with van der Waals surface area (Å²) in [6, 6.07) is 3.81. The van der Waals surface area contributed by atoms with Crippen LogP contribution < -0.4 is 0 Å². The van der Waals surface area contributed by atoms with Crippen LogP contribution in [-0.2, 0) is 12.2 Å². The Morgan fingerprint density at radius 3 is 2.60 bits per heavy atom. The Morgan fingerprint density at radius 1 is 1.30 bits per heavy atom. The molecule has 0 bridgehead atoms. The van der Waals surface area contributed by atoms with E-state index >= 15 is 0 Å². The third-order valence-electron chi connectivity index (χ3n) is 2.76. The van der Waals surface area contributed by atoms with Crippen LogP contribution in [0.25, 0.3) is 0 Å². The van der Waals surface area contributed by atoms with Crippen LogP contribution in [0.15, 0.2) is 29.6 Å². The molecule has 0 aromatic carbocycles. The predicted molar refractivity (Wildman–Crippen MR) is 76.9 cm³/mol. The van der Waals surface area contributed by atoms with Gasteiger partial charge in [-0.25, -0.2) is 14.8 Å². The average Bonchev–Trinajstić information content (AvgIpc) is 2.45. The first-order chi connectivity index (χ1) is 9.61. The van der Waals surface area contributed by atoms with Crippen LogP contribution in [0, 0.1) is 6.92 Å². The first kappa shape index (κ1) is 14.5. The lowest BCUT2D eigenvalue weighted by atomic mass is 10.2. The fraction of sp³-hybridized carbons (Fsp3) is 0.286. The summed E-state index contributed by atoms with van der Waals surface area (Å²) < 4.78 is 0. The first-order valence-corrected chi connectivity index (χ1v) is 7.23. The Bertz CT molecular complexity index is 617. The molecule has 0 aliphatic rings. The standard InChI is InChI=1S/C14H15N3O2S/c1-3-11-16-9(2)12(14(18)19)13(17-11)20-8-10-4-6-15-7-5-10/h4-7H,3,8H2,1-2H3,(H,18,19). The molecule has 0 fully saturated rings. The van der Waals surface area contributed by atoms with Gasteiger partial charge >= 0.3 is 5.97 Å². The molecule has 0 aliphatic carbocycles. The van der Waals surface area contributed by atoms with Gasteiger partial charge in [0.05, 0.1) is 5.69 Å². The van der Waals surface area contributed by atoms with Crippen molar-refractivity contribution in [3.05, 3.63) is 47.2 Å². The highest BCUT2D eigenvalue weighted by molar-refractivity contribution is 7.98. The third-order valence-corrected chi connectivity index (χ3v) is 3.80. The van der Waals surface area contributed by atoms with Crippen molar-refractivity contribution in [2.75, 3.05) is 0 Å². The summed E-state index contributed by atoms with van der Waals surface area (Å²) in [5.74, 6) is 0.342. The number of carboxylic acids is 1. The van der Waals surface area contributed by atoms with Crippen LogP contribution in [0.3, 0.4) is 0 Å². The van der Waals surface area contributed by atoms with E-state index in [0.717, 1.165) is 5.56 Å². The molecule has 104 valence electrons. The smallest absolute Gasteiger partial charge is 0.340 e. The zero-order valence-electron chi connectivity index (χ0n) is 11.3. The second kappa shape index (κ2) is 6.47. The zero-order chi connectivity index (χ0) is 14.5. The SMILES string of the molecule is CCc1nc(C)c(C(=O)O)c(SCc2ccncc2)n1. The fourth-order valence-corrected chi connectivity index (χ4v) is 2.79. The van der Waals surface area contributed by atoms with Gasteiger partial charge in [-0.2, -0.15) is 0 Å². The van der Waals surface area contributed by atoms with Gasteiger partial charge in [0.15, 0.2) is 0 Å². The van der Waals surface area contributed by atoms with Gasteiger partial charge < -0.3 is 5.11 Å². The van der Waals surface area contributed by atoms with E-state index < -0.39 is 5.97 Å². The Hall–Kier alpha value is -1.95. The second-order valence-corrected chi connectivity index (χ2v) is 5.17. The quantitative estimate of drug-likeness (QED) is 0.673. The monoisotopic (exact) mass is 289 g/mol. The number of rotatable bonds is 5. The number of carboxylic acid groups (broad SMARTS) is 1. The fourth-order valence-electron chi connectivity index (χ4n) is 1.74. The number of nitrogens with zero attached hydrogens (tertiary/aromatic N) is 3. The number of hydrogen-bond acceptors (Lipinski definition) is 5. The number of aryl methyl sites for hydroxylation is 2. The van der Waals surface area contributed by atoms with Gasteiger partial charge in [-0.3, -0.25) is 4.98 Å². The van der Waals surface area contributed by atoms with Gasteiger partial charge in [0.25, 0.3) is 0 Å². The molecule has 0 saturated heterocycles. The van der Waals surface area contributed by atoms with Crippen LogP contribution in [0.5, 0.6) is 0 Å². The molecule has 2 heterocycles. The minimum atomic E-state index is -0.984. The topological polar surface area (TPSA) is 76.0 Å². The van der Waals surface area contributed by atoms with Crippen molar-refractivity contribution in [2.45, 2.75) is 31.0 Å². The van der Waals surface area contributed by atoms with Gasteiger partial charge in [0.2, 0.25) is 0 Å². The lowest BCUT2D eigenvalue weighted by molar-refractivity contribution is 0.0690. The van der Waals surface area contributed by atoms with Crippen LogP contribution in [-0.4, -0.2) is 26.0 Å². The van der Waals surface area contributed by atoms with Gasteiger partial charge in [-0.1, -0.05) is 6.92 Å². The molecule has 2 aromatic heterocycles. The van der Waals surface area contributed by atoms with Crippen molar-refractivity contribution in [1.29, 1.82) is 0 Å². The highest BCUT2D eigenvalue weighted by Gasteiger charge is 2.17.